The standard InChI is InChI=1S/C20H41NO/c1-4-7-9-10-11-12-13-14-15-16-18-21-20(22)19(6-3)17-8-5-2/h19H,4-18H2,1-3H3,(H,21,22). The fourth-order valence-electron chi connectivity index (χ4n) is 2.94. The monoisotopic (exact) mass is 311 g/mol. The minimum absolute atomic E-state index is 0.239. The van der Waals surface area contributed by atoms with Crippen molar-refractivity contribution < 1.29 is 4.79 Å². The van der Waals surface area contributed by atoms with Crippen LogP contribution in [-0.2, 0) is 4.79 Å². The van der Waals surface area contributed by atoms with Gasteiger partial charge in [-0.25, -0.2) is 0 Å². The minimum atomic E-state index is 0.239. The first kappa shape index (κ1) is 21.5. The molecule has 0 saturated heterocycles. The molecule has 1 N–H and O–H groups in total. The van der Waals surface area contributed by atoms with Crippen molar-refractivity contribution in [3.63, 3.8) is 0 Å². The zero-order chi connectivity index (χ0) is 16.5. The molecule has 1 unspecified atom stereocenters. The quantitative estimate of drug-likeness (QED) is 0.336. The molecule has 22 heavy (non-hydrogen) atoms. The Morgan fingerprint density at radius 2 is 1.23 bits per heavy atom. The van der Waals surface area contributed by atoms with Gasteiger partial charge in [0.05, 0.1) is 0 Å². The van der Waals surface area contributed by atoms with Crippen molar-refractivity contribution in [2.24, 2.45) is 5.92 Å². The van der Waals surface area contributed by atoms with Gasteiger partial charge in [-0.05, 0) is 19.3 Å². The number of nitrogens with one attached hydrogen (secondary N) is 1. The van der Waals surface area contributed by atoms with Crippen LogP contribution >= 0.6 is 0 Å². The molecule has 1 amide bonds. The zero-order valence-corrected chi connectivity index (χ0v) is 15.6. The lowest BCUT2D eigenvalue weighted by atomic mass is 9.98. The largest absolute Gasteiger partial charge is 0.356 e. The number of amides is 1. The van der Waals surface area contributed by atoms with Crippen molar-refractivity contribution in [1.82, 2.24) is 5.32 Å². The first-order valence-electron chi connectivity index (χ1n) is 10.0. The Bertz CT molecular complexity index is 240. The topological polar surface area (TPSA) is 29.1 Å². The van der Waals surface area contributed by atoms with Gasteiger partial charge in [0.25, 0.3) is 0 Å². The number of hydrogen-bond donors (Lipinski definition) is 1. The van der Waals surface area contributed by atoms with Crippen LogP contribution in [0.25, 0.3) is 0 Å². The summed E-state index contributed by atoms with van der Waals surface area (Å²) in [7, 11) is 0. The second kappa shape index (κ2) is 16.8. The smallest absolute Gasteiger partial charge is 0.223 e. The first-order chi connectivity index (χ1) is 10.8. The molecular weight excluding hydrogens is 270 g/mol. The Balaban J connectivity index is 3.35. The molecule has 0 aromatic heterocycles. The van der Waals surface area contributed by atoms with Crippen LogP contribution in [0.15, 0.2) is 0 Å². The van der Waals surface area contributed by atoms with Crippen LogP contribution in [0.5, 0.6) is 0 Å². The van der Waals surface area contributed by atoms with E-state index in [1.807, 2.05) is 0 Å². The first-order valence-corrected chi connectivity index (χ1v) is 10.0. The van der Waals surface area contributed by atoms with Gasteiger partial charge in [0.2, 0.25) is 5.91 Å². The molecule has 0 aromatic carbocycles. The van der Waals surface area contributed by atoms with E-state index in [2.05, 4.69) is 26.1 Å². The highest BCUT2D eigenvalue weighted by molar-refractivity contribution is 5.78. The van der Waals surface area contributed by atoms with Gasteiger partial charge in [0.1, 0.15) is 0 Å². The molecule has 2 nitrogen and oxygen atoms in total. The molecule has 0 fully saturated rings. The molecule has 0 spiro atoms. The molecule has 0 aliphatic heterocycles. The second-order valence-electron chi connectivity index (χ2n) is 6.72. The van der Waals surface area contributed by atoms with Gasteiger partial charge in [-0.15, -0.1) is 0 Å². The van der Waals surface area contributed by atoms with Crippen molar-refractivity contribution in [1.29, 1.82) is 0 Å². The van der Waals surface area contributed by atoms with E-state index in [-0.39, 0.29) is 11.8 Å². The summed E-state index contributed by atoms with van der Waals surface area (Å²) in [6, 6.07) is 0. The van der Waals surface area contributed by atoms with Crippen LogP contribution in [0, 0.1) is 5.92 Å². The Hall–Kier alpha value is -0.530. The van der Waals surface area contributed by atoms with E-state index in [0.29, 0.717) is 0 Å². The van der Waals surface area contributed by atoms with E-state index in [4.69, 9.17) is 0 Å². The maximum Gasteiger partial charge on any atom is 0.223 e. The summed E-state index contributed by atoms with van der Waals surface area (Å²) in [5.74, 6) is 0.523. The number of rotatable bonds is 16. The van der Waals surface area contributed by atoms with Gasteiger partial charge in [-0.2, -0.15) is 0 Å². The number of carbonyl (C=O) groups excluding carboxylic acids is 1. The molecule has 0 heterocycles. The van der Waals surface area contributed by atoms with E-state index in [1.54, 1.807) is 0 Å². The predicted molar refractivity (Wildman–Crippen MR) is 98.2 cm³/mol. The fraction of sp³-hybridized carbons (Fsp3) is 0.950. The highest BCUT2D eigenvalue weighted by Crippen LogP contribution is 2.13. The fourth-order valence-corrected chi connectivity index (χ4v) is 2.94. The normalized spacial score (nSPS) is 12.3. The van der Waals surface area contributed by atoms with Crippen molar-refractivity contribution in [2.45, 2.75) is 111 Å². The van der Waals surface area contributed by atoms with Crippen molar-refractivity contribution >= 4 is 5.91 Å². The maximum atomic E-state index is 12.0. The van der Waals surface area contributed by atoms with Crippen molar-refractivity contribution in [2.75, 3.05) is 6.54 Å². The third kappa shape index (κ3) is 13.2. The summed E-state index contributed by atoms with van der Waals surface area (Å²) in [5.41, 5.74) is 0. The van der Waals surface area contributed by atoms with Crippen molar-refractivity contribution in [3.8, 4) is 0 Å². The number of unbranched alkanes of at least 4 members (excludes halogenated alkanes) is 10. The van der Waals surface area contributed by atoms with Crippen LogP contribution in [0.2, 0.25) is 0 Å². The lowest BCUT2D eigenvalue weighted by Gasteiger charge is -2.14. The summed E-state index contributed by atoms with van der Waals surface area (Å²) >= 11 is 0. The molecule has 0 saturated carbocycles. The number of carbonyl (C=O) groups is 1. The van der Waals surface area contributed by atoms with Gasteiger partial charge in [0.15, 0.2) is 0 Å². The van der Waals surface area contributed by atoms with Crippen LogP contribution in [0.4, 0.5) is 0 Å². The molecule has 0 rings (SSSR count). The summed E-state index contributed by atoms with van der Waals surface area (Å²) in [5, 5.41) is 3.13. The molecule has 2 heteroatoms. The van der Waals surface area contributed by atoms with E-state index in [1.165, 1.54) is 70.6 Å². The van der Waals surface area contributed by atoms with Crippen LogP contribution in [0.3, 0.4) is 0 Å². The van der Waals surface area contributed by atoms with Gasteiger partial charge in [-0.3, -0.25) is 4.79 Å². The van der Waals surface area contributed by atoms with Gasteiger partial charge in [0, 0.05) is 12.5 Å². The van der Waals surface area contributed by atoms with E-state index < -0.39 is 0 Å². The van der Waals surface area contributed by atoms with Gasteiger partial charge >= 0.3 is 0 Å². The second-order valence-corrected chi connectivity index (χ2v) is 6.72. The van der Waals surface area contributed by atoms with Gasteiger partial charge in [-0.1, -0.05) is 91.4 Å². The third-order valence-corrected chi connectivity index (χ3v) is 4.60. The zero-order valence-electron chi connectivity index (χ0n) is 15.6. The molecule has 0 aliphatic carbocycles. The Morgan fingerprint density at radius 1 is 0.727 bits per heavy atom. The summed E-state index contributed by atoms with van der Waals surface area (Å²) in [4.78, 5) is 12.0. The van der Waals surface area contributed by atoms with Crippen molar-refractivity contribution in [3.05, 3.63) is 0 Å². The summed E-state index contributed by atoms with van der Waals surface area (Å²) in [6.45, 7) is 7.46. The summed E-state index contributed by atoms with van der Waals surface area (Å²) < 4.78 is 0. The average Bonchev–Trinajstić information content (AvgIpc) is 2.53. The highest BCUT2D eigenvalue weighted by Gasteiger charge is 2.14. The molecule has 1 atom stereocenters. The molecule has 0 aromatic rings. The van der Waals surface area contributed by atoms with E-state index in [9.17, 15) is 4.79 Å². The lowest BCUT2D eigenvalue weighted by Crippen LogP contribution is -2.31. The lowest BCUT2D eigenvalue weighted by molar-refractivity contribution is -0.125. The minimum Gasteiger partial charge on any atom is -0.356 e. The third-order valence-electron chi connectivity index (χ3n) is 4.60. The average molecular weight is 312 g/mol. The van der Waals surface area contributed by atoms with E-state index >= 15 is 0 Å². The van der Waals surface area contributed by atoms with E-state index in [0.717, 1.165) is 25.8 Å². The SMILES string of the molecule is CCCCCCCCCCCCNC(=O)C(CC)CCCC. The van der Waals surface area contributed by atoms with Crippen LogP contribution < -0.4 is 5.32 Å². The predicted octanol–water partition coefficient (Wildman–Crippen LogP) is 6.24. The van der Waals surface area contributed by atoms with Crippen LogP contribution in [0.1, 0.15) is 111 Å². The molecule has 0 bridgehead atoms. The Morgan fingerprint density at radius 3 is 1.73 bits per heavy atom. The molecule has 132 valence electrons. The number of hydrogen-bond acceptors (Lipinski definition) is 1. The van der Waals surface area contributed by atoms with Crippen LogP contribution in [-0.4, -0.2) is 12.5 Å². The molecular formula is C20H41NO. The highest BCUT2D eigenvalue weighted by atomic mass is 16.1. The molecule has 0 radical (unpaired) electrons. The Kier molecular flexibility index (Phi) is 16.4. The Labute approximate surface area is 139 Å². The maximum absolute atomic E-state index is 12.0. The van der Waals surface area contributed by atoms with Gasteiger partial charge < -0.3 is 5.32 Å². The summed E-state index contributed by atoms with van der Waals surface area (Å²) in [6.07, 6.45) is 17.9. The molecule has 0 aliphatic rings.